The standard InChI is InChI=1S/C18H18ClFN2/c1-12(21)9-13-10-22(18-8-3-2-5-14(13)18)11-15-16(19)6-4-7-17(15)20/h2-8,10,12H,9,11,21H2,1H3. The van der Waals surface area contributed by atoms with Crippen LogP contribution in [0.3, 0.4) is 0 Å². The van der Waals surface area contributed by atoms with E-state index in [1.807, 2.05) is 29.7 Å². The first kappa shape index (κ1) is 15.1. The molecule has 1 heterocycles. The second-order valence-corrected chi connectivity index (χ2v) is 6.09. The Morgan fingerprint density at radius 2 is 1.95 bits per heavy atom. The minimum absolute atomic E-state index is 0.0799. The SMILES string of the molecule is CC(N)Cc1cn(Cc2c(F)cccc2Cl)c2ccccc12. The molecule has 4 heteroatoms. The second-order valence-electron chi connectivity index (χ2n) is 5.68. The van der Waals surface area contributed by atoms with E-state index in [1.165, 1.54) is 11.6 Å². The third kappa shape index (κ3) is 2.87. The summed E-state index contributed by atoms with van der Waals surface area (Å²) in [6.45, 7) is 2.39. The van der Waals surface area contributed by atoms with Crippen molar-refractivity contribution in [3.63, 3.8) is 0 Å². The summed E-state index contributed by atoms with van der Waals surface area (Å²) in [5, 5.41) is 1.61. The maximum Gasteiger partial charge on any atom is 0.129 e. The summed E-state index contributed by atoms with van der Waals surface area (Å²) in [5.41, 5.74) is 8.69. The highest BCUT2D eigenvalue weighted by Gasteiger charge is 2.13. The molecule has 2 N–H and O–H groups in total. The summed E-state index contributed by atoms with van der Waals surface area (Å²) in [5.74, 6) is -0.279. The smallest absolute Gasteiger partial charge is 0.129 e. The fraction of sp³-hybridized carbons (Fsp3) is 0.222. The number of nitrogens with two attached hydrogens (primary N) is 1. The lowest BCUT2D eigenvalue weighted by atomic mass is 10.1. The van der Waals surface area contributed by atoms with Gasteiger partial charge in [0.1, 0.15) is 5.82 Å². The number of hydrogen-bond donors (Lipinski definition) is 1. The second kappa shape index (κ2) is 6.11. The molecule has 3 aromatic rings. The quantitative estimate of drug-likeness (QED) is 0.761. The maximum absolute atomic E-state index is 14.0. The van der Waals surface area contributed by atoms with Crippen molar-refractivity contribution in [3.8, 4) is 0 Å². The molecule has 0 saturated heterocycles. The number of fused-ring (bicyclic) bond motifs is 1. The summed E-state index contributed by atoms with van der Waals surface area (Å²) >= 11 is 6.15. The Balaban J connectivity index is 2.07. The van der Waals surface area contributed by atoms with Crippen LogP contribution in [-0.4, -0.2) is 10.6 Å². The molecular weight excluding hydrogens is 299 g/mol. The topological polar surface area (TPSA) is 30.9 Å². The van der Waals surface area contributed by atoms with Crippen LogP contribution >= 0.6 is 11.6 Å². The fourth-order valence-corrected chi connectivity index (χ4v) is 3.04. The van der Waals surface area contributed by atoms with E-state index in [0.717, 1.165) is 17.3 Å². The Morgan fingerprint density at radius 3 is 2.68 bits per heavy atom. The molecule has 0 saturated carbocycles. The van der Waals surface area contributed by atoms with Gasteiger partial charge < -0.3 is 10.3 Å². The molecule has 0 aliphatic rings. The average molecular weight is 317 g/mol. The lowest BCUT2D eigenvalue weighted by Crippen LogP contribution is -2.17. The molecule has 0 spiro atoms. The molecule has 1 aromatic heterocycles. The van der Waals surface area contributed by atoms with Gasteiger partial charge in [-0.25, -0.2) is 4.39 Å². The van der Waals surface area contributed by atoms with Crippen molar-refractivity contribution in [2.24, 2.45) is 5.73 Å². The van der Waals surface area contributed by atoms with E-state index in [1.54, 1.807) is 12.1 Å². The number of benzene rings is 2. The zero-order chi connectivity index (χ0) is 15.7. The molecule has 0 bridgehead atoms. The van der Waals surface area contributed by atoms with Crippen LogP contribution < -0.4 is 5.73 Å². The predicted molar refractivity (Wildman–Crippen MR) is 89.8 cm³/mol. The van der Waals surface area contributed by atoms with Crippen LogP contribution in [0.1, 0.15) is 18.1 Å². The van der Waals surface area contributed by atoms with Gasteiger partial charge in [-0.1, -0.05) is 35.9 Å². The van der Waals surface area contributed by atoms with E-state index in [2.05, 4.69) is 12.3 Å². The Morgan fingerprint density at radius 1 is 1.18 bits per heavy atom. The van der Waals surface area contributed by atoms with E-state index in [9.17, 15) is 4.39 Å². The van der Waals surface area contributed by atoms with Gasteiger partial charge in [-0.05, 0) is 37.1 Å². The first-order valence-electron chi connectivity index (χ1n) is 7.31. The molecule has 0 aliphatic heterocycles. The Kier molecular flexibility index (Phi) is 4.19. The summed E-state index contributed by atoms with van der Waals surface area (Å²) < 4.78 is 16.1. The third-order valence-electron chi connectivity index (χ3n) is 3.80. The highest BCUT2D eigenvalue weighted by atomic mass is 35.5. The van der Waals surface area contributed by atoms with Gasteiger partial charge in [0.2, 0.25) is 0 Å². The fourth-order valence-electron chi connectivity index (χ4n) is 2.82. The number of aromatic nitrogens is 1. The molecule has 1 unspecified atom stereocenters. The monoisotopic (exact) mass is 316 g/mol. The van der Waals surface area contributed by atoms with Crippen molar-refractivity contribution < 1.29 is 4.39 Å². The van der Waals surface area contributed by atoms with Crippen molar-refractivity contribution in [3.05, 3.63) is 70.6 Å². The van der Waals surface area contributed by atoms with Crippen LogP contribution in [0.15, 0.2) is 48.7 Å². The van der Waals surface area contributed by atoms with Gasteiger partial charge in [0.15, 0.2) is 0 Å². The number of nitrogens with zero attached hydrogens (tertiary/aromatic N) is 1. The molecule has 1 atom stereocenters. The summed E-state index contributed by atoms with van der Waals surface area (Å²) in [6.07, 6.45) is 2.84. The lowest BCUT2D eigenvalue weighted by Gasteiger charge is -2.08. The lowest BCUT2D eigenvalue weighted by molar-refractivity contribution is 0.602. The third-order valence-corrected chi connectivity index (χ3v) is 4.16. The highest BCUT2D eigenvalue weighted by molar-refractivity contribution is 6.31. The van der Waals surface area contributed by atoms with Crippen molar-refractivity contribution >= 4 is 22.5 Å². The van der Waals surface area contributed by atoms with Crippen molar-refractivity contribution in [2.75, 3.05) is 0 Å². The van der Waals surface area contributed by atoms with Gasteiger partial charge in [-0.3, -0.25) is 0 Å². The van der Waals surface area contributed by atoms with Crippen LogP contribution in [0.25, 0.3) is 10.9 Å². The van der Waals surface area contributed by atoms with Crippen molar-refractivity contribution in [1.29, 1.82) is 0 Å². The largest absolute Gasteiger partial charge is 0.343 e. The molecule has 22 heavy (non-hydrogen) atoms. The zero-order valence-electron chi connectivity index (χ0n) is 12.4. The number of hydrogen-bond acceptors (Lipinski definition) is 1. The molecule has 114 valence electrons. The highest BCUT2D eigenvalue weighted by Crippen LogP contribution is 2.26. The van der Waals surface area contributed by atoms with Gasteiger partial charge in [-0.2, -0.15) is 0 Å². The number of rotatable bonds is 4. The Bertz CT molecular complexity index is 788. The molecule has 0 fully saturated rings. The van der Waals surface area contributed by atoms with Crippen LogP contribution in [-0.2, 0) is 13.0 Å². The minimum atomic E-state index is -0.279. The molecular formula is C18H18ClFN2. The van der Waals surface area contributed by atoms with Gasteiger partial charge in [0.05, 0.1) is 6.54 Å². The summed E-state index contributed by atoms with van der Waals surface area (Å²) in [7, 11) is 0. The number of para-hydroxylation sites is 1. The Hall–Kier alpha value is -1.84. The normalized spacial score (nSPS) is 12.7. The molecule has 2 aromatic carbocycles. The van der Waals surface area contributed by atoms with E-state index >= 15 is 0 Å². The van der Waals surface area contributed by atoms with Crippen molar-refractivity contribution in [2.45, 2.75) is 25.9 Å². The molecule has 3 rings (SSSR count). The molecule has 2 nitrogen and oxygen atoms in total. The van der Waals surface area contributed by atoms with Gasteiger partial charge >= 0.3 is 0 Å². The molecule has 0 amide bonds. The van der Waals surface area contributed by atoms with Crippen LogP contribution in [0, 0.1) is 5.82 Å². The van der Waals surface area contributed by atoms with Crippen LogP contribution in [0.5, 0.6) is 0 Å². The Labute approximate surface area is 134 Å². The average Bonchev–Trinajstić information content (AvgIpc) is 2.81. The van der Waals surface area contributed by atoms with Crippen LogP contribution in [0.2, 0.25) is 5.02 Å². The van der Waals surface area contributed by atoms with Crippen LogP contribution in [0.4, 0.5) is 4.39 Å². The first-order chi connectivity index (χ1) is 10.6. The summed E-state index contributed by atoms with van der Waals surface area (Å²) in [4.78, 5) is 0. The minimum Gasteiger partial charge on any atom is -0.343 e. The number of halogens is 2. The van der Waals surface area contributed by atoms with E-state index < -0.39 is 0 Å². The van der Waals surface area contributed by atoms with Gasteiger partial charge in [0, 0.05) is 33.7 Å². The first-order valence-corrected chi connectivity index (χ1v) is 7.69. The van der Waals surface area contributed by atoms with Crippen molar-refractivity contribution in [1.82, 2.24) is 4.57 Å². The molecule has 0 radical (unpaired) electrons. The van der Waals surface area contributed by atoms with E-state index in [-0.39, 0.29) is 11.9 Å². The van der Waals surface area contributed by atoms with Gasteiger partial charge in [0.25, 0.3) is 0 Å². The van der Waals surface area contributed by atoms with E-state index in [4.69, 9.17) is 17.3 Å². The predicted octanol–water partition coefficient (Wildman–Crippen LogP) is 4.37. The zero-order valence-corrected chi connectivity index (χ0v) is 13.1. The maximum atomic E-state index is 14.0. The molecule has 0 aliphatic carbocycles. The summed E-state index contributed by atoms with van der Waals surface area (Å²) in [6, 6.07) is 13.0. The van der Waals surface area contributed by atoms with E-state index in [0.29, 0.717) is 17.1 Å². The van der Waals surface area contributed by atoms with Gasteiger partial charge in [-0.15, -0.1) is 0 Å².